The van der Waals surface area contributed by atoms with Crippen molar-refractivity contribution in [2.45, 2.75) is 11.9 Å². The van der Waals surface area contributed by atoms with Gasteiger partial charge in [0.15, 0.2) is 5.03 Å². The van der Waals surface area contributed by atoms with E-state index in [0.29, 0.717) is 0 Å². The number of nitrogens with zero attached hydrogens (tertiary/aromatic N) is 3. The van der Waals surface area contributed by atoms with Gasteiger partial charge in [0.1, 0.15) is 22.9 Å². The third kappa shape index (κ3) is 3.47. The van der Waals surface area contributed by atoms with Gasteiger partial charge in [0.25, 0.3) is 10.0 Å². The molecule has 0 saturated carbocycles. The van der Waals surface area contributed by atoms with Crippen molar-refractivity contribution in [2.24, 2.45) is 0 Å². The molecule has 21 heavy (non-hydrogen) atoms. The summed E-state index contributed by atoms with van der Waals surface area (Å²) >= 11 is 5.64. The van der Waals surface area contributed by atoms with Gasteiger partial charge in [0, 0.05) is 6.07 Å². The third-order valence-corrected chi connectivity index (χ3v) is 3.77. The number of rotatable bonds is 5. The number of hydrogen-bond donors (Lipinski definition) is 2. The van der Waals surface area contributed by atoms with Gasteiger partial charge in [-0.2, -0.15) is 13.5 Å². The van der Waals surface area contributed by atoms with Crippen molar-refractivity contribution in [3.63, 3.8) is 0 Å². The largest absolute Gasteiger partial charge is 0.462 e. The number of halogens is 1. The number of aromatic amines is 1. The van der Waals surface area contributed by atoms with Crippen molar-refractivity contribution in [1.82, 2.24) is 20.2 Å². The molecule has 0 aliphatic heterocycles. The van der Waals surface area contributed by atoms with Crippen molar-refractivity contribution >= 4 is 33.4 Å². The van der Waals surface area contributed by atoms with E-state index in [2.05, 4.69) is 24.9 Å². The maximum absolute atomic E-state index is 12.2. The van der Waals surface area contributed by atoms with E-state index in [9.17, 15) is 13.2 Å². The average molecular weight is 332 g/mol. The molecule has 0 saturated heterocycles. The molecule has 2 heterocycles. The summed E-state index contributed by atoms with van der Waals surface area (Å²) in [6.07, 6.45) is 2.17. The Hall–Kier alpha value is -2.20. The van der Waals surface area contributed by atoms with Crippen LogP contribution in [0.5, 0.6) is 0 Å². The molecule has 0 spiro atoms. The fourth-order valence-corrected chi connectivity index (χ4v) is 2.65. The normalized spacial score (nSPS) is 11.1. The van der Waals surface area contributed by atoms with Gasteiger partial charge in [0.05, 0.1) is 12.8 Å². The quantitative estimate of drug-likeness (QED) is 0.613. The molecule has 0 aromatic carbocycles. The third-order valence-electron chi connectivity index (χ3n) is 2.24. The SMILES string of the molecule is CCOC(=O)c1cn[nH]c1S(=O)(=O)Nc1cc(Cl)ncn1. The van der Waals surface area contributed by atoms with E-state index >= 15 is 0 Å². The summed E-state index contributed by atoms with van der Waals surface area (Å²) in [5.41, 5.74) is -0.204. The standard InChI is InChI=1S/C10H10ClN5O4S/c1-2-20-10(17)6-4-14-15-9(6)21(18,19)16-8-3-7(11)12-5-13-8/h3-5H,2H2,1H3,(H,14,15)(H,12,13,16). The maximum atomic E-state index is 12.2. The van der Waals surface area contributed by atoms with Crippen LogP contribution in [-0.4, -0.2) is 41.2 Å². The number of aromatic nitrogens is 4. The summed E-state index contributed by atoms with van der Waals surface area (Å²) < 4.78 is 31.3. The molecule has 0 bridgehead atoms. The zero-order valence-electron chi connectivity index (χ0n) is 10.7. The van der Waals surface area contributed by atoms with Crippen LogP contribution < -0.4 is 4.72 Å². The lowest BCUT2D eigenvalue weighted by Crippen LogP contribution is -2.18. The van der Waals surface area contributed by atoms with Crippen LogP contribution >= 0.6 is 11.6 Å². The van der Waals surface area contributed by atoms with Crippen molar-refractivity contribution in [1.29, 1.82) is 0 Å². The molecular weight excluding hydrogens is 322 g/mol. The van der Waals surface area contributed by atoms with Crippen LogP contribution in [-0.2, 0) is 14.8 Å². The second-order valence-corrected chi connectivity index (χ2v) is 5.67. The molecule has 112 valence electrons. The second kappa shape index (κ2) is 6.06. The molecule has 2 aromatic rings. The molecule has 9 nitrogen and oxygen atoms in total. The summed E-state index contributed by atoms with van der Waals surface area (Å²) in [5.74, 6) is -0.841. The summed E-state index contributed by atoms with van der Waals surface area (Å²) in [5, 5.41) is 5.44. The van der Waals surface area contributed by atoms with Gasteiger partial charge >= 0.3 is 5.97 Å². The van der Waals surface area contributed by atoms with Crippen LogP contribution in [0.1, 0.15) is 17.3 Å². The Kier molecular flexibility index (Phi) is 4.38. The van der Waals surface area contributed by atoms with Crippen molar-refractivity contribution in [3.05, 3.63) is 29.3 Å². The Morgan fingerprint density at radius 2 is 2.24 bits per heavy atom. The molecule has 2 aromatic heterocycles. The minimum absolute atomic E-state index is 0.0422. The van der Waals surface area contributed by atoms with Crippen molar-refractivity contribution in [2.75, 3.05) is 11.3 Å². The Balaban J connectivity index is 2.32. The summed E-state index contributed by atoms with van der Waals surface area (Å²) in [7, 11) is -4.10. The Morgan fingerprint density at radius 3 is 2.90 bits per heavy atom. The maximum Gasteiger partial charge on any atom is 0.342 e. The van der Waals surface area contributed by atoms with Gasteiger partial charge in [-0.1, -0.05) is 11.6 Å². The highest BCUT2D eigenvalue weighted by atomic mass is 35.5. The van der Waals surface area contributed by atoms with Gasteiger partial charge in [-0.25, -0.2) is 14.8 Å². The number of sulfonamides is 1. The van der Waals surface area contributed by atoms with E-state index in [0.717, 1.165) is 12.5 Å². The molecule has 11 heteroatoms. The molecule has 0 atom stereocenters. The first-order chi connectivity index (χ1) is 9.94. The molecule has 2 N–H and O–H groups in total. The number of hydrogen-bond acceptors (Lipinski definition) is 7. The van der Waals surface area contributed by atoms with Gasteiger partial charge in [-0.15, -0.1) is 0 Å². The Labute approximate surface area is 124 Å². The van der Waals surface area contributed by atoms with Crippen LogP contribution in [0.2, 0.25) is 5.15 Å². The molecule has 0 radical (unpaired) electrons. The second-order valence-electron chi connectivity index (χ2n) is 3.66. The van der Waals surface area contributed by atoms with E-state index in [1.807, 2.05) is 0 Å². The number of anilines is 1. The highest BCUT2D eigenvalue weighted by molar-refractivity contribution is 7.92. The first-order valence-electron chi connectivity index (χ1n) is 5.65. The molecule has 0 aliphatic carbocycles. The Bertz CT molecular complexity index is 760. The first kappa shape index (κ1) is 15.2. The molecule has 0 unspecified atom stereocenters. The minimum Gasteiger partial charge on any atom is -0.462 e. The van der Waals surface area contributed by atoms with Crippen molar-refractivity contribution in [3.8, 4) is 0 Å². The van der Waals surface area contributed by atoms with Crippen molar-refractivity contribution < 1.29 is 17.9 Å². The average Bonchev–Trinajstić information content (AvgIpc) is 2.88. The zero-order chi connectivity index (χ0) is 15.5. The number of ether oxygens (including phenoxy) is 1. The predicted octanol–water partition coefficient (Wildman–Crippen LogP) is 0.831. The number of H-pyrrole nitrogens is 1. The smallest absolute Gasteiger partial charge is 0.342 e. The number of nitrogens with one attached hydrogen (secondary N) is 2. The van der Waals surface area contributed by atoms with E-state index < -0.39 is 21.0 Å². The van der Waals surface area contributed by atoms with Crippen LogP contribution in [0.15, 0.2) is 23.6 Å². The fourth-order valence-electron chi connectivity index (χ4n) is 1.41. The summed E-state index contributed by atoms with van der Waals surface area (Å²) in [6, 6.07) is 1.22. The van der Waals surface area contributed by atoms with E-state index in [4.69, 9.17) is 16.3 Å². The molecule has 0 amide bonds. The van der Waals surface area contributed by atoms with Gasteiger partial charge in [-0.05, 0) is 6.92 Å². The van der Waals surface area contributed by atoms with Crippen LogP contribution in [0, 0.1) is 0 Å². The predicted molar refractivity (Wildman–Crippen MR) is 72.4 cm³/mol. The molecule has 0 aliphatic rings. The van der Waals surface area contributed by atoms with Gasteiger partial charge < -0.3 is 4.74 Å². The van der Waals surface area contributed by atoms with E-state index in [1.165, 1.54) is 6.07 Å². The van der Waals surface area contributed by atoms with Gasteiger partial charge in [-0.3, -0.25) is 9.82 Å². The monoisotopic (exact) mass is 331 g/mol. The number of esters is 1. The zero-order valence-corrected chi connectivity index (χ0v) is 12.3. The lowest BCUT2D eigenvalue weighted by molar-refractivity contribution is 0.0522. The topological polar surface area (TPSA) is 127 Å². The first-order valence-corrected chi connectivity index (χ1v) is 7.51. The lowest BCUT2D eigenvalue weighted by Gasteiger charge is -2.07. The van der Waals surface area contributed by atoms with E-state index in [-0.39, 0.29) is 23.1 Å². The number of carbonyl (C=O) groups is 1. The summed E-state index contributed by atoms with van der Waals surface area (Å²) in [4.78, 5) is 19.0. The minimum atomic E-state index is -4.10. The highest BCUT2D eigenvalue weighted by Crippen LogP contribution is 2.18. The fraction of sp³-hybridized carbons (Fsp3) is 0.200. The number of carbonyl (C=O) groups excluding carboxylic acids is 1. The highest BCUT2D eigenvalue weighted by Gasteiger charge is 2.26. The van der Waals surface area contributed by atoms with E-state index in [1.54, 1.807) is 6.92 Å². The van der Waals surface area contributed by atoms with Crippen LogP contribution in [0.3, 0.4) is 0 Å². The lowest BCUT2D eigenvalue weighted by atomic mass is 10.4. The molecule has 2 rings (SSSR count). The van der Waals surface area contributed by atoms with Crippen LogP contribution in [0.4, 0.5) is 5.82 Å². The summed E-state index contributed by atoms with van der Waals surface area (Å²) in [6.45, 7) is 1.71. The van der Waals surface area contributed by atoms with Crippen LogP contribution in [0.25, 0.3) is 0 Å². The Morgan fingerprint density at radius 1 is 1.48 bits per heavy atom. The molecule has 0 fully saturated rings. The van der Waals surface area contributed by atoms with Gasteiger partial charge in [0.2, 0.25) is 0 Å². The molecular formula is C10H10ClN5O4S.